The third-order valence-electron chi connectivity index (χ3n) is 2.91. The summed E-state index contributed by atoms with van der Waals surface area (Å²) >= 11 is 0. The van der Waals surface area contributed by atoms with E-state index in [1.807, 2.05) is 6.07 Å². The van der Waals surface area contributed by atoms with Gasteiger partial charge >= 0.3 is 5.97 Å². The molecule has 0 radical (unpaired) electrons. The van der Waals surface area contributed by atoms with Crippen LogP contribution in [0.25, 0.3) is 0 Å². The smallest absolute Gasteiger partial charge is 0.353 e. The van der Waals surface area contributed by atoms with Crippen LogP contribution in [0.15, 0.2) is 29.4 Å². The number of benzene rings is 1. The summed E-state index contributed by atoms with van der Waals surface area (Å²) in [6, 6.07) is 8.61. The van der Waals surface area contributed by atoms with E-state index in [1.54, 1.807) is 24.3 Å². The van der Waals surface area contributed by atoms with Gasteiger partial charge in [0.1, 0.15) is 6.07 Å². The third-order valence-corrected chi connectivity index (χ3v) is 2.91. The molecule has 2 rings (SSSR count). The first kappa shape index (κ1) is 13.5. The van der Waals surface area contributed by atoms with Crippen molar-refractivity contribution in [2.45, 2.75) is 12.5 Å². The minimum Gasteiger partial charge on any atom is -0.477 e. The Kier molecular flexibility index (Phi) is 3.66. The minimum atomic E-state index is -1.21. The minimum absolute atomic E-state index is 0.0901. The Balaban J connectivity index is 2.15. The van der Waals surface area contributed by atoms with Gasteiger partial charge < -0.3 is 14.8 Å². The maximum atomic E-state index is 12.2. The van der Waals surface area contributed by atoms with E-state index in [4.69, 9.17) is 15.2 Å². The molecule has 1 aromatic rings. The Morgan fingerprint density at radius 2 is 2.20 bits per heavy atom. The quantitative estimate of drug-likeness (QED) is 0.875. The number of nitriles is 1. The van der Waals surface area contributed by atoms with Crippen LogP contribution in [0, 0.1) is 11.3 Å². The van der Waals surface area contributed by atoms with Crippen molar-refractivity contribution in [3.63, 3.8) is 0 Å². The molecule has 0 saturated carbocycles. The first-order chi connectivity index (χ1) is 9.54. The number of nitrogens with zero attached hydrogens (tertiary/aromatic N) is 3. The molecule has 0 fully saturated rings. The Labute approximate surface area is 114 Å². The molecule has 1 unspecified atom stereocenters. The first-order valence-electron chi connectivity index (χ1n) is 5.77. The van der Waals surface area contributed by atoms with Gasteiger partial charge in [0, 0.05) is 13.5 Å². The van der Waals surface area contributed by atoms with Gasteiger partial charge in [-0.2, -0.15) is 5.26 Å². The van der Waals surface area contributed by atoms with E-state index in [1.165, 1.54) is 11.9 Å². The van der Waals surface area contributed by atoms with E-state index < -0.39 is 18.0 Å². The summed E-state index contributed by atoms with van der Waals surface area (Å²) in [7, 11) is 1.50. The number of aliphatic carboxylic acids is 1. The van der Waals surface area contributed by atoms with E-state index in [2.05, 4.69) is 5.16 Å². The molecule has 0 bridgehead atoms. The highest BCUT2D eigenvalue weighted by molar-refractivity contribution is 6.36. The second-order valence-corrected chi connectivity index (χ2v) is 4.17. The van der Waals surface area contributed by atoms with Gasteiger partial charge in [-0.15, -0.1) is 0 Å². The molecule has 7 heteroatoms. The van der Waals surface area contributed by atoms with Crippen molar-refractivity contribution in [2.24, 2.45) is 5.16 Å². The van der Waals surface area contributed by atoms with Crippen molar-refractivity contribution in [2.75, 3.05) is 11.9 Å². The number of para-hydroxylation sites is 1. The predicted molar refractivity (Wildman–Crippen MR) is 69.1 cm³/mol. The van der Waals surface area contributed by atoms with Gasteiger partial charge in [0.2, 0.25) is 6.10 Å². The van der Waals surface area contributed by atoms with Gasteiger partial charge in [-0.05, 0) is 12.1 Å². The van der Waals surface area contributed by atoms with Crippen LogP contribution in [0.1, 0.15) is 12.0 Å². The highest BCUT2D eigenvalue weighted by Gasteiger charge is 2.34. The largest absolute Gasteiger partial charge is 0.477 e. The van der Waals surface area contributed by atoms with Gasteiger partial charge in [-0.25, -0.2) is 4.79 Å². The average molecular weight is 273 g/mol. The standard InChI is InChI=1S/C13H11N3O4/c1-16(10-5-3-2-4-8(10)7-14)12(17)11-6-9(13(18)19)15-20-11/h2-5,11H,6H2,1H3,(H,18,19). The van der Waals surface area contributed by atoms with Crippen molar-refractivity contribution in [1.82, 2.24) is 0 Å². The van der Waals surface area contributed by atoms with Crippen LogP contribution >= 0.6 is 0 Å². The fraction of sp³-hybridized carbons (Fsp3) is 0.231. The molecule has 1 aliphatic heterocycles. The summed E-state index contributed by atoms with van der Waals surface area (Å²) < 4.78 is 0. The molecule has 1 amide bonds. The summed E-state index contributed by atoms with van der Waals surface area (Å²) in [6.07, 6.45) is -1.06. The van der Waals surface area contributed by atoms with Crippen LogP contribution in [-0.2, 0) is 14.4 Å². The van der Waals surface area contributed by atoms with Crippen LogP contribution in [-0.4, -0.2) is 35.8 Å². The van der Waals surface area contributed by atoms with Gasteiger partial charge in [-0.3, -0.25) is 4.79 Å². The number of rotatable bonds is 3. The van der Waals surface area contributed by atoms with E-state index in [-0.39, 0.29) is 12.1 Å². The number of anilines is 1. The molecule has 0 spiro atoms. The Bertz CT molecular complexity index is 633. The van der Waals surface area contributed by atoms with Gasteiger partial charge in [0.25, 0.3) is 5.91 Å². The van der Waals surface area contributed by atoms with E-state index in [9.17, 15) is 9.59 Å². The van der Waals surface area contributed by atoms with Crippen LogP contribution in [0.4, 0.5) is 5.69 Å². The number of carbonyl (C=O) groups excluding carboxylic acids is 1. The third kappa shape index (κ3) is 2.44. The van der Waals surface area contributed by atoms with Crippen LogP contribution in [0.2, 0.25) is 0 Å². The van der Waals surface area contributed by atoms with Crippen molar-refractivity contribution in [1.29, 1.82) is 5.26 Å². The van der Waals surface area contributed by atoms with Gasteiger partial charge in [-0.1, -0.05) is 17.3 Å². The zero-order valence-corrected chi connectivity index (χ0v) is 10.6. The van der Waals surface area contributed by atoms with Crippen molar-refractivity contribution in [3.05, 3.63) is 29.8 Å². The summed E-state index contributed by atoms with van der Waals surface area (Å²) in [5, 5.41) is 21.1. The van der Waals surface area contributed by atoms with E-state index >= 15 is 0 Å². The number of hydrogen-bond donors (Lipinski definition) is 1. The number of oxime groups is 1. The summed E-state index contributed by atoms with van der Waals surface area (Å²) in [6.45, 7) is 0. The predicted octanol–water partition coefficient (Wildman–Crippen LogP) is 0.751. The fourth-order valence-corrected chi connectivity index (χ4v) is 1.83. The monoisotopic (exact) mass is 273 g/mol. The van der Waals surface area contributed by atoms with Crippen molar-refractivity contribution >= 4 is 23.3 Å². The number of carboxylic acids is 1. The molecule has 1 aromatic carbocycles. The topological polar surface area (TPSA) is 103 Å². The number of amides is 1. The maximum Gasteiger partial charge on any atom is 0.353 e. The summed E-state index contributed by atoms with van der Waals surface area (Å²) in [4.78, 5) is 29.0. The van der Waals surface area contributed by atoms with Gasteiger partial charge in [0.05, 0.1) is 11.3 Å². The SMILES string of the molecule is CN(C(=O)C1CC(C(=O)O)=NO1)c1ccccc1C#N. The lowest BCUT2D eigenvalue weighted by molar-refractivity contribution is -0.129. The molecule has 20 heavy (non-hydrogen) atoms. The fourth-order valence-electron chi connectivity index (χ4n) is 1.83. The Morgan fingerprint density at radius 1 is 1.50 bits per heavy atom. The van der Waals surface area contributed by atoms with Crippen LogP contribution in [0.3, 0.4) is 0 Å². The second kappa shape index (κ2) is 5.40. The molecule has 102 valence electrons. The summed E-state index contributed by atoms with van der Waals surface area (Å²) in [5.74, 6) is -1.66. The summed E-state index contributed by atoms with van der Waals surface area (Å²) in [5.41, 5.74) is 0.596. The number of carboxylic acid groups (broad SMARTS) is 1. The first-order valence-corrected chi connectivity index (χ1v) is 5.77. The molecule has 1 heterocycles. The molecule has 1 atom stereocenters. The molecular formula is C13H11N3O4. The zero-order valence-electron chi connectivity index (χ0n) is 10.6. The van der Waals surface area contributed by atoms with E-state index in [0.717, 1.165) is 0 Å². The van der Waals surface area contributed by atoms with Crippen LogP contribution < -0.4 is 4.90 Å². The van der Waals surface area contributed by atoms with Crippen molar-refractivity contribution < 1.29 is 19.5 Å². The molecule has 0 aliphatic carbocycles. The van der Waals surface area contributed by atoms with Gasteiger partial charge in [0.15, 0.2) is 5.71 Å². The molecule has 1 N–H and O–H groups in total. The number of likely N-dealkylation sites (N-methyl/N-ethyl adjacent to an activating group) is 1. The lowest BCUT2D eigenvalue weighted by Crippen LogP contribution is -2.37. The Hall–Kier alpha value is -2.88. The van der Waals surface area contributed by atoms with E-state index in [0.29, 0.717) is 11.3 Å². The molecule has 1 aliphatic rings. The normalized spacial score (nSPS) is 16.8. The molecule has 7 nitrogen and oxygen atoms in total. The number of hydrogen-bond acceptors (Lipinski definition) is 5. The number of carbonyl (C=O) groups is 2. The highest BCUT2D eigenvalue weighted by atomic mass is 16.6. The molecular weight excluding hydrogens is 262 g/mol. The molecule has 0 saturated heterocycles. The van der Waals surface area contributed by atoms with Crippen LogP contribution in [0.5, 0.6) is 0 Å². The van der Waals surface area contributed by atoms with Crippen molar-refractivity contribution in [3.8, 4) is 6.07 Å². The molecule has 0 aromatic heterocycles. The zero-order chi connectivity index (χ0) is 14.7. The maximum absolute atomic E-state index is 12.2. The average Bonchev–Trinajstić information content (AvgIpc) is 2.95. The Morgan fingerprint density at radius 3 is 2.80 bits per heavy atom. The lowest BCUT2D eigenvalue weighted by atomic mass is 10.1. The lowest BCUT2D eigenvalue weighted by Gasteiger charge is -2.20. The highest BCUT2D eigenvalue weighted by Crippen LogP contribution is 2.21. The second-order valence-electron chi connectivity index (χ2n) is 4.17.